The van der Waals surface area contributed by atoms with Crippen LogP contribution in [-0.4, -0.2) is 31.2 Å². The standard InChI is InChI=1S/C18H16N2O2S/c1-19-14-7-3-4-8-15(14)20(10-17(19)21)18(22)13-11-23-16-9-5-2-6-12(13)16/h2-9,13H,10-11H2,1H3/t13-/m1/s1. The van der Waals surface area contributed by atoms with Gasteiger partial charge in [0.1, 0.15) is 6.54 Å². The number of amides is 2. The first-order valence-corrected chi connectivity index (χ1v) is 8.54. The molecule has 5 heteroatoms. The lowest BCUT2D eigenvalue weighted by Crippen LogP contribution is -2.48. The van der Waals surface area contributed by atoms with Crippen LogP contribution in [0.4, 0.5) is 11.4 Å². The van der Waals surface area contributed by atoms with Crippen LogP contribution in [0.1, 0.15) is 11.5 Å². The lowest BCUT2D eigenvalue weighted by atomic mass is 9.99. The number of fused-ring (bicyclic) bond motifs is 2. The molecule has 0 fully saturated rings. The third kappa shape index (κ3) is 2.23. The number of hydrogen-bond acceptors (Lipinski definition) is 3. The Morgan fingerprint density at radius 1 is 1.09 bits per heavy atom. The van der Waals surface area contributed by atoms with Gasteiger partial charge < -0.3 is 9.80 Å². The van der Waals surface area contributed by atoms with Crippen molar-refractivity contribution >= 4 is 35.0 Å². The van der Waals surface area contributed by atoms with Crippen LogP contribution in [0.2, 0.25) is 0 Å². The zero-order valence-electron chi connectivity index (χ0n) is 12.7. The van der Waals surface area contributed by atoms with Gasteiger partial charge in [-0.15, -0.1) is 11.8 Å². The van der Waals surface area contributed by atoms with Gasteiger partial charge in [-0.25, -0.2) is 0 Å². The van der Waals surface area contributed by atoms with Gasteiger partial charge in [0, 0.05) is 17.7 Å². The zero-order chi connectivity index (χ0) is 16.0. The topological polar surface area (TPSA) is 40.6 Å². The summed E-state index contributed by atoms with van der Waals surface area (Å²) >= 11 is 1.71. The second-order valence-corrected chi connectivity index (χ2v) is 6.83. The molecule has 0 unspecified atom stereocenters. The summed E-state index contributed by atoms with van der Waals surface area (Å²) in [5.74, 6) is 0.508. The zero-order valence-corrected chi connectivity index (χ0v) is 13.5. The average molecular weight is 324 g/mol. The Balaban J connectivity index is 1.73. The second-order valence-electron chi connectivity index (χ2n) is 5.77. The Morgan fingerprint density at radius 3 is 2.61 bits per heavy atom. The van der Waals surface area contributed by atoms with Crippen molar-refractivity contribution < 1.29 is 9.59 Å². The van der Waals surface area contributed by atoms with Gasteiger partial charge in [-0.2, -0.15) is 0 Å². The quantitative estimate of drug-likeness (QED) is 0.810. The number of thioether (sulfide) groups is 1. The molecule has 1 atom stereocenters. The Labute approximate surface area is 139 Å². The van der Waals surface area contributed by atoms with Crippen molar-refractivity contribution in [3.05, 3.63) is 54.1 Å². The molecule has 23 heavy (non-hydrogen) atoms. The third-order valence-electron chi connectivity index (χ3n) is 4.47. The van der Waals surface area contributed by atoms with Crippen LogP contribution >= 0.6 is 11.8 Å². The summed E-state index contributed by atoms with van der Waals surface area (Å²) in [6.45, 7) is 0.107. The molecule has 0 N–H and O–H groups in total. The van der Waals surface area contributed by atoms with Crippen LogP contribution in [0, 0.1) is 0 Å². The molecule has 0 radical (unpaired) electrons. The predicted octanol–water partition coefficient (Wildman–Crippen LogP) is 2.89. The number of carbonyl (C=O) groups is 2. The number of para-hydroxylation sites is 2. The smallest absolute Gasteiger partial charge is 0.246 e. The number of likely N-dealkylation sites (N-methyl/N-ethyl adjacent to an activating group) is 1. The van der Waals surface area contributed by atoms with Crippen molar-refractivity contribution in [2.75, 3.05) is 29.1 Å². The van der Waals surface area contributed by atoms with Crippen LogP contribution in [0.5, 0.6) is 0 Å². The fraction of sp³-hybridized carbons (Fsp3) is 0.222. The van der Waals surface area contributed by atoms with Crippen LogP contribution in [-0.2, 0) is 9.59 Å². The highest BCUT2D eigenvalue weighted by molar-refractivity contribution is 7.99. The van der Waals surface area contributed by atoms with Crippen LogP contribution < -0.4 is 9.80 Å². The Hall–Kier alpha value is -2.27. The highest BCUT2D eigenvalue weighted by atomic mass is 32.2. The molecule has 4 nitrogen and oxygen atoms in total. The second kappa shape index (κ2) is 5.42. The van der Waals surface area contributed by atoms with Crippen LogP contribution in [0.25, 0.3) is 0 Å². The minimum absolute atomic E-state index is 0.0105. The molecule has 116 valence electrons. The van der Waals surface area contributed by atoms with E-state index in [0.717, 1.165) is 22.7 Å². The molecule has 0 bridgehead atoms. The maximum atomic E-state index is 13.1. The SMILES string of the molecule is CN1C(=O)CN(C(=O)[C@@H]2CSc3ccccc32)c2ccccc21. The van der Waals surface area contributed by atoms with Gasteiger partial charge in [-0.05, 0) is 23.8 Å². The monoisotopic (exact) mass is 324 g/mol. The van der Waals surface area contributed by atoms with Gasteiger partial charge in [0.2, 0.25) is 11.8 Å². The lowest BCUT2D eigenvalue weighted by Gasteiger charge is -2.35. The van der Waals surface area contributed by atoms with Crippen LogP contribution in [0.3, 0.4) is 0 Å². The third-order valence-corrected chi connectivity index (χ3v) is 5.65. The van der Waals surface area contributed by atoms with Gasteiger partial charge in [0.05, 0.1) is 17.3 Å². The van der Waals surface area contributed by atoms with Gasteiger partial charge in [-0.1, -0.05) is 30.3 Å². The molecule has 2 heterocycles. The summed E-state index contributed by atoms with van der Waals surface area (Å²) in [7, 11) is 1.75. The largest absolute Gasteiger partial charge is 0.312 e. The molecular weight excluding hydrogens is 308 g/mol. The molecule has 0 aliphatic carbocycles. The fourth-order valence-electron chi connectivity index (χ4n) is 3.19. The number of nitrogens with zero attached hydrogens (tertiary/aromatic N) is 2. The maximum absolute atomic E-state index is 13.1. The minimum Gasteiger partial charge on any atom is -0.312 e. The van der Waals surface area contributed by atoms with E-state index in [0.29, 0.717) is 0 Å². The van der Waals surface area contributed by atoms with E-state index in [1.165, 1.54) is 4.90 Å². The first-order valence-electron chi connectivity index (χ1n) is 7.55. The summed E-state index contributed by atoms with van der Waals surface area (Å²) in [4.78, 5) is 29.8. The Bertz CT molecular complexity index is 805. The molecule has 2 amide bonds. The number of anilines is 2. The Morgan fingerprint density at radius 2 is 1.78 bits per heavy atom. The molecule has 0 saturated carbocycles. The van der Waals surface area contributed by atoms with Crippen molar-refractivity contribution in [1.82, 2.24) is 0 Å². The molecule has 2 aromatic rings. The van der Waals surface area contributed by atoms with Crippen molar-refractivity contribution in [1.29, 1.82) is 0 Å². The van der Waals surface area contributed by atoms with Gasteiger partial charge in [-0.3, -0.25) is 9.59 Å². The van der Waals surface area contributed by atoms with Crippen LogP contribution in [0.15, 0.2) is 53.4 Å². The summed E-state index contributed by atoms with van der Waals surface area (Å²) in [5, 5.41) is 0. The summed E-state index contributed by atoms with van der Waals surface area (Å²) in [5.41, 5.74) is 2.68. The predicted molar refractivity (Wildman–Crippen MR) is 92.1 cm³/mol. The molecule has 2 aliphatic heterocycles. The van der Waals surface area contributed by atoms with Crippen molar-refractivity contribution in [2.24, 2.45) is 0 Å². The fourth-order valence-corrected chi connectivity index (χ4v) is 4.41. The van der Waals surface area contributed by atoms with E-state index in [2.05, 4.69) is 6.07 Å². The van der Waals surface area contributed by atoms with E-state index in [-0.39, 0.29) is 24.3 Å². The van der Waals surface area contributed by atoms with Crippen molar-refractivity contribution in [3.63, 3.8) is 0 Å². The van der Waals surface area contributed by atoms with E-state index in [9.17, 15) is 9.59 Å². The van der Waals surface area contributed by atoms with E-state index >= 15 is 0 Å². The summed E-state index contributed by atoms with van der Waals surface area (Å²) in [6.07, 6.45) is 0. The van der Waals surface area contributed by atoms with Crippen molar-refractivity contribution in [3.8, 4) is 0 Å². The normalized spacial score (nSPS) is 19.5. The van der Waals surface area contributed by atoms with Crippen molar-refractivity contribution in [2.45, 2.75) is 10.8 Å². The van der Waals surface area contributed by atoms with E-state index in [1.807, 2.05) is 42.5 Å². The lowest BCUT2D eigenvalue weighted by molar-refractivity contribution is -0.123. The molecule has 0 spiro atoms. The average Bonchev–Trinajstić information content (AvgIpc) is 3.01. The molecule has 4 rings (SSSR count). The van der Waals surface area contributed by atoms with E-state index in [4.69, 9.17) is 0 Å². The highest BCUT2D eigenvalue weighted by Gasteiger charge is 2.37. The maximum Gasteiger partial charge on any atom is 0.246 e. The van der Waals surface area contributed by atoms with Gasteiger partial charge in [0.25, 0.3) is 0 Å². The summed E-state index contributed by atoms with van der Waals surface area (Å²) in [6, 6.07) is 15.6. The Kier molecular flexibility index (Phi) is 3.38. The molecule has 0 saturated heterocycles. The number of hydrogen-bond donors (Lipinski definition) is 0. The minimum atomic E-state index is -0.180. The summed E-state index contributed by atoms with van der Waals surface area (Å²) < 4.78 is 0. The molecular formula is C18H16N2O2S. The van der Waals surface area contributed by atoms with Gasteiger partial charge in [0.15, 0.2) is 0 Å². The van der Waals surface area contributed by atoms with E-state index < -0.39 is 0 Å². The first kappa shape index (κ1) is 14.3. The first-order chi connectivity index (χ1) is 11.2. The van der Waals surface area contributed by atoms with Gasteiger partial charge >= 0.3 is 0 Å². The number of rotatable bonds is 1. The molecule has 2 aliphatic rings. The van der Waals surface area contributed by atoms with E-state index in [1.54, 1.807) is 28.6 Å². The number of carbonyl (C=O) groups excluding carboxylic acids is 2. The molecule has 0 aromatic heterocycles. The highest BCUT2D eigenvalue weighted by Crippen LogP contribution is 2.42. The molecule has 2 aromatic carbocycles. The number of benzene rings is 2.